The molecule has 0 saturated heterocycles. The number of hydrogen-bond acceptors (Lipinski definition) is 3. The minimum absolute atomic E-state index is 0.271. The van der Waals surface area contributed by atoms with E-state index in [4.69, 9.17) is 10.1 Å². The number of aryl methyl sites for hydroxylation is 1. The molecule has 4 rings (SSSR count). The number of pyridine rings is 1. The lowest BCUT2D eigenvalue weighted by Gasteiger charge is -2.06. The highest BCUT2D eigenvalue weighted by molar-refractivity contribution is 5.81. The molecule has 0 atom stereocenters. The van der Waals surface area contributed by atoms with Gasteiger partial charge in [0, 0.05) is 17.6 Å². The lowest BCUT2D eigenvalue weighted by atomic mass is 10.2. The van der Waals surface area contributed by atoms with Crippen molar-refractivity contribution < 1.29 is 0 Å². The van der Waals surface area contributed by atoms with E-state index in [-0.39, 0.29) is 6.04 Å². The summed E-state index contributed by atoms with van der Waals surface area (Å²) in [5.41, 5.74) is 4.79. The Bertz CT molecular complexity index is 1010. The van der Waals surface area contributed by atoms with Crippen molar-refractivity contribution >= 4 is 11.0 Å². The molecule has 5 heteroatoms. The summed E-state index contributed by atoms with van der Waals surface area (Å²) in [5.74, 6) is 0. The molecule has 0 amide bonds. The third kappa shape index (κ3) is 2.71. The first-order valence-corrected chi connectivity index (χ1v) is 8.67. The zero-order chi connectivity index (χ0) is 17.4. The van der Waals surface area contributed by atoms with Crippen LogP contribution in [0.25, 0.3) is 28.1 Å². The minimum Gasteiger partial charge on any atom is -0.244 e. The number of nitrogens with zero attached hydrogens (tertiary/aromatic N) is 5. The second-order valence-electron chi connectivity index (χ2n) is 6.39. The van der Waals surface area contributed by atoms with E-state index in [1.807, 2.05) is 58.0 Å². The third-order valence-electron chi connectivity index (χ3n) is 4.33. The second kappa shape index (κ2) is 6.16. The summed E-state index contributed by atoms with van der Waals surface area (Å²) in [5, 5.41) is 10.5. The number of hydrogen-bond donors (Lipinski definition) is 0. The van der Waals surface area contributed by atoms with Gasteiger partial charge in [-0.05, 0) is 50.6 Å². The summed E-state index contributed by atoms with van der Waals surface area (Å²) in [4.78, 5) is 4.87. The Morgan fingerprint density at radius 3 is 2.44 bits per heavy atom. The van der Waals surface area contributed by atoms with Gasteiger partial charge in [0.1, 0.15) is 5.69 Å². The maximum atomic E-state index is 4.87. The summed E-state index contributed by atoms with van der Waals surface area (Å²) in [6, 6.07) is 16.5. The molecular weight excluding hydrogens is 310 g/mol. The van der Waals surface area contributed by atoms with E-state index < -0.39 is 0 Å². The Morgan fingerprint density at radius 2 is 1.72 bits per heavy atom. The monoisotopic (exact) mass is 331 g/mol. The molecule has 0 bridgehead atoms. The van der Waals surface area contributed by atoms with Crippen LogP contribution in [-0.2, 0) is 6.42 Å². The molecule has 126 valence electrons. The van der Waals surface area contributed by atoms with Gasteiger partial charge in [0.2, 0.25) is 0 Å². The largest absolute Gasteiger partial charge is 0.244 e. The van der Waals surface area contributed by atoms with E-state index >= 15 is 0 Å². The topological polar surface area (TPSA) is 48.5 Å². The van der Waals surface area contributed by atoms with Crippen LogP contribution in [0.5, 0.6) is 0 Å². The summed E-state index contributed by atoms with van der Waals surface area (Å²) in [6.07, 6.45) is 2.87. The fourth-order valence-electron chi connectivity index (χ4n) is 3.03. The maximum Gasteiger partial charge on any atom is 0.159 e. The zero-order valence-corrected chi connectivity index (χ0v) is 14.7. The molecule has 5 nitrogen and oxygen atoms in total. The highest BCUT2D eigenvalue weighted by atomic mass is 15.3. The standard InChI is InChI=1S/C20H21N5/c1-4-17-16-10-11-18(21-20(16)25(23-17)14(2)3)19-12-13-24(22-19)15-8-6-5-7-9-15/h5-14H,4H2,1-3H3. The lowest BCUT2D eigenvalue weighted by molar-refractivity contribution is 0.540. The molecule has 3 heterocycles. The van der Waals surface area contributed by atoms with Gasteiger partial charge >= 0.3 is 0 Å². The fraction of sp³-hybridized carbons (Fsp3) is 0.250. The summed E-state index contributed by atoms with van der Waals surface area (Å²) in [6.45, 7) is 6.39. The van der Waals surface area contributed by atoms with Gasteiger partial charge in [-0.15, -0.1) is 0 Å². The zero-order valence-electron chi connectivity index (χ0n) is 14.7. The molecule has 0 radical (unpaired) electrons. The molecule has 0 fully saturated rings. The van der Waals surface area contributed by atoms with E-state index in [1.54, 1.807) is 0 Å². The Balaban J connectivity index is 1.80. The summed E-state index contributed by atoms with van der Waals surface area (Å²) >= 11 is 0. The van der Waals surface area contributed by atoms with Gasteiger partial charge in [0.05, 0.1) is 17.1 Å². The van der Waals surface area contributed by atoms with Crippen LogP contribution in [0.1, 0.15) is 32.5 Å². The third-order valence-corrected chi connectivity index (χ3v) is 4.33. The van der Waals surface area contributed by atoms with E-state index in [9.17, 15) is 0 Å². The van der Waals surface area contributed by atoms with Crippen molar-refractivity contribution in [2.75, 3.05) is 0 Å². The molecule has 0 aliphatic rings. The van der Waals surface area contributed by atoms with Crippen molar-refractivity contribution in [3.63, 3.8) is 0 Å². The van der Waals surface area contributed by atoms with Crippen molar-refractivity contribution in [2.24, 2.45) is 0 Å². The van der Waals surface area contributed by atoms with E-state index in [0.29, 0.717) is 0 Å². The fourth-order valence-corrected chi connectivity index (χ4v) is 3.03. The number of para-hydroxylation sites is 1. The van der Waals surface area contributed by atoms with Crippen LogP contribution < -0.4 is 0 Å². The first-order valence-electron chi connectivity index (χ1n) is 8.67. The van der Waals surface area contributed by atoms with E-state index in [1.165, 1.54) is 0 Å². The Hall–Kier alpha value is -2.95. The van der Waals surface area contributed by atoms with Gasteiger partial charge in [-0.3, -0.25) is 0 Å². The molecule has 0 aliphatic carbocycles. The number of rotatable bonds is 4. The van der Waals surface area contributed by atoms with Crippen molar-refractivity contribution in [1.82, 2.24) is 24.5 Å². The Morgan fingerprint density at radius 1 is 0.920 bits per heavy atom. The van der Waals surface area contributed by atoms with Crippen molar-refractivity contribution in [3.05, 3.63) is 60.4 Å². The Kier molecular flexibility index (Phi) is 3.84. The molecule has 0 N–H and O–H groups in total. The van der Waals surface area contributed by atoms with Crippen LogP contribution in [0, 0.1) is 0 Å². The van der Waals surface area contributed by atoms with Crippen LogP contribution in [-0.4, -0.2) is 24.5 Å². The van der Waals surface area contributed by atoms with Crippen molar-refractivity contribution in [1.29, 1.82) is 0 Å². The first kappa shape index (κ1) is 15.6. The van der Waals surface area contributed by atoms with Crippen LogP contribution in [0.2, 0.25) is 0 Å². The van der Waals surface area contributed by atoms with Gasteiger partial charge in [-0.2, -0.15) is 10.2 Å². The van der Waals surface area contributed by atoms with Gasteiger partial charge in [0.15, 0.2) is 5.65 Å². The smallest absolute Gasteiger partial charge is 0.159 e. The van der Waals surface area contributed by atoms with Gasteiger partial charge in [-0.1, -0.05) is 25.1 Å². The quantitative estimate of drug-likeness (QED) is 0.556. The molecule has 0 unspecified atom stereocenters. The maximum absolute atomic E-state index is 4.87. The summed E-state index contributed by atoms with van der Waals surface area (Å²) in [7, 11) is 0. The summed E-state index contributed by atoms with van der Waals surface area (Å²) < 4.78 is 3.88. The molecule has 3 aromatic heterocycles. The van der Waals surface area contributed by atoms with Crippen LogP contribution in [0.3, 0.4) is 0 Å². The van der Waals surface area contributed by atoms with Crippen molar-refractivity contribution in [3.8, 4) is 17.1 Å². The molecule has 25 heavy (non-hydrogen) atoms. The number of aromatic nitrogens is 5. The van der Waals surface area contributed by atoms with Crippen molar-refractivity contribution in [2.45, 2.75) is 33.2 Å². The molecule has 4 aromatic rings. The first-order chi connectivity index (χ1) is 12.2. The lowest BCUT2D eigenvalue weighted by Crippen LogP contribution is -2.04. The molecule has 1 aromatic carbocycles. The predicted molar refractivity (Wildman–Crippen MR) is 99.8 cm³/mol. The van der Waals surface area contributed by atoms with Crippen LogP contribution in [0.4, 0.5) is 0 Å². The minimum atomic E-state index is 0.271. The van der Waals surface area contributed by atoms with Crippen LogP contribution in [0.15, 0.2) is 54.7 Å². The van der Waals surface area contributed by atoms with E-state index in [0.717, 1.165) is 40.2 Å². The van der Waals surface area contributed by atoms with Gasteiger partial charge in [0.25, 0.3) is 0 Å². The van der Waals surface area contributed by atoms with Crippen LogP contribution >= 0.6 is 0 Å². The predicted octanol–water partition coefficient (Wildman–Crippen LogP) is 4.43. The normalized spacial score (nSPS) is 11.5. The van der Waals surface area contributed by atoms with Gasteiger partial charge < -0.3 is 0 Å². The average molecular weight is 331 g/mol. The highest BCUT2D eigenvalue weighted by Crippen LogP contribution is 2.25. The molecule has 0 spiro atoms. The number of fused-ring (bicyclic) bond motifs is 1. The average Bonchev–Trinajstić information content (AvgIpc) is 3.27. The molecule has 0 saturated carbocycles. The SMILES string of the molecule is CCc1nn(C(C)C)c2nc(-c3ccn(-c4ccccc4)n3)ccc12. The van der Waals surface area contributed by atoms with E-state index in [2.05, 4.69) is 31.9 Å². The van der Waals surface area contributed by atoms with Gasteiger partial charge in [-0.25, -0.2) is 14.3 Å². The molecule has 0 aliphatic heterocycles. The second-order valence-corrected chi connectivity index (χ2v) is 6.39. The Labute approximate surface area is 146 Å². The molecular formula is C20H21N5. The number of benzene rings is 1. The highest BCUT2D eigenvalue weighted by Gasteiger charge is 2.15.